The van der Waals surface area contributed by atoms with Crippen LogP contribution < -0.4 is 10.4 Å². The number of nitrogens with zero attached hydrogens (tertiary/aromatic N) is 2. The minimum Gasteiger partial charge on any atom is -0.437 e. The van der Waals surface area contributed by atoms with E-state index in [-0.39, 0.29) is 0 Å². The minimum atomic E-state index is -2.67. The molecular formula is C32H60N2O6Si8. The Kier molecular flexibility index (Phi) is 13.3. The largest absolute Gasteiger partial charge is 0.437 e. The SMILES string of the molecule is C[Si](C)(C)O[Si](C)(C)O[Si](C)(C)O[Si](C)(C)c1ccc(-c2ccc(C#N)c(C#N)c2)cc1[Si](C)(C)O[Si](C)(C)O[Si](C)(C)O[Si](C)(C)C. The molecule has 2 aromatic rings. The monoisotopic (exact) mass is 792 g/mol. The van der Waals surface area contributed by atoms with E-state index in [0.29, 0.717) is 11.1 Å². The van der Waals surface area contributed by atoms with E-state index in [2.05, 4.69) is 148 Å². The van der Waals surface area contributed by atoms with Crippen molar-refractivity contribution in [2.24, 2.45) is 0 Å². The topological polar surface area (TPSA) is 103 Å². The minimum absolute atomic E-state index is 0.361. The van der Waals surface area contributed by atoms with Gasteiger partial charge in [0.15, 0.2) is 16.6 Å². The first kappa shape index (κ1) is 43.1. The molecule has 0 aliphatic heterocycles. The maximum absolute atomic E-state index is 9.75. The van der Waals surface area contributed by atoms with Crippen molar-refractivity contribution < 1.29 is 24.7 Å². The molecule has 0 spiro atoms. The number of benzene rings is 2. The van der Waals surface area contributed by atoms with E-state index in [9.17, 15) is 10.5 Å². The zero-order valence-corrected chi connectivity index (χ0v) is 40.8. The lowest BCUT2D eigenvalue weighted by Crippen LogP contribution is -2.67. The van der Waals surface area contributed by atoms with Gasteiger partial charge in [-0.15, -0.1) is 0 Å². The number of nitriles is 2. The van der Waals surface area contributed by atoms with Gasteiger partial charge >= 0.3 is 34.2 Å². The second-order valence-corrected chi connectivity index (χ2v) is 48.9. The van der Waals surface area contributed by atoms with Gasteiger partial charge < -0.3 is 24.7 Å². The molecular weight excluding hydrogens is 733 g/mol. The Morgan fingerprint density at radius 2 is 0.750 bits per heavy atom. The van der Waals surface area contributed by atoms with E-state index in [4.69, 9.17) is 24.7 Å². The molecule has 0 aromatic heterocycles. The van der Waals surface area contributed by atoms with Gasteiger partial charge in [-0.3, -0.25) is 0 Å². The highest BCUT2D eigenvalue weighted by molar-refractivity contribution is 7.00. The summed E-state index contributed by atoms with van der Waals surface area (Å²) in [5, 5.41) is 21.6. The van der Waals surface area contributed by atoms with Gasteiger partial charge in [-0.05, 0) is 151 Å². The van der Waals surface area contributed by atoms with Crippen molar-refractivity contribution in [2.75, 3.05) is 0 Å². The van der Waals surface area contributed by atoms with Crippen LogP contribution in [0.3, 0.4) is 0 Å². The van der Waals surface area contributed by atoms with Gasteiger partial charge in [0.05, 0.1) is 11.1 Å². The Bertz CT molecular complexity index is 1550. The molecule has 2 aromatic carbocycles. The molecule has 0 heterocycles. The number of rotatable bonds is 15. The van der Waals surface area contributed by atoms with Gasteiger partial charge in [0.25, 0.3) is 0 Å². The fourth-order valence-electron chi connectivity index (χ4n) is 6.74. The third-order valence-corrected chi connectivity index (χ3v) is 35.4. The van der Waals surface area contributed by atoms with Crippen LogP contribution in [-0.4, -0.2) is 67.5 Å². The third-order valence-electron chi connectivity index (χ3n) is 7.00. The predicted molar refractivity (Wildman–Crippen MR) is 219 cm³/mol. The van der Waals surface area contributed by atoms with E-state index in [0.717, 1.165) is 16.3 Å². The molecule has 0 unspecified atom stereocenters. The van der Waals surface area contributed by atoms with Crippen LogP contribution in [0.2, 0.25) is 118 Å². The lowest BCUT2D eigenvalue weighted by Gasteiger charge is -2.43. The molecule has 48 heavy (non-hydrogen) atoms. The second-order valence-electron chi connectivity index (χ2n) is 17.2. The zero-order chi connectivity index (χ0) is 37.4. The van der Waals surface area contributed by atoms with Crippen LogP contribution >= 0.6 is 0 Å². The lowest BCUT2D eigenvalue weighted by atomic mass is 10.0. The first-order chi connectivity index (χ1) is 21.3. The molecule has 0 fully saturated rings. The van der Waals surface area contributed by atoms with Crippen molar-refractivity contribution in [3.63, 3.8) is 0 Å². The van der Waals surface area contributed by atoms with Crippen LogP contribution in [0.1, 0.15) is 11.1 Å². The third kappa shape index (κ3) is 13.2. The van der Waals surface area contributed by atoms with E-state index < -0.39 is 67.5 Å². The second kappa shape index (κ2) is 14.9. The molecule has 8 nitrogen and oxygen atoms in total. The smallest absolute Gasteiger partial charge is 0.312 e. The van der Waals surface area contributed by atoms with Crippen LogP contribution in [0.4, 0.5) is 0 Å². The summed E-state index contributed by atoms with van der Waals surface area (Å²) in [6.07, 6.45) is 0. The van der Waals surface area contributed by atoms with Gasteiger partial charge in [-0.25, -0.2) is 0 Å². The van der Waals surface area contributed by atoms with Gasteiger partial charge in [0.2, 0.25) is 16.6 Å². The van der Waals surface area contributed by atoms with E-state index in [1.54, 1.807) is 12.1 Å². The summed E-state index contributed by atoms with van der Waals surface area (Å²) in [5.41, 5.74) is 2.57. The molecule has 2 rings (SSSR count). The summed E-state index contributed by atoms with van der Waals surface area (Å²) >= 11 is 0. The molecule has 0 N–H and O–H groups in total. The highest BCUT2D eigenvalue weighted by Gasteiger charge is 2.47. The van der Waals surface area contributed by atoms with E-state index >= 15 is 0 Å². The van der Waals surface area contributed by atoms with Gasteiger partial charge in [-0.1, -0.05) is 24.3 Å². The van der Waals surface area contributed by atoms with Gasteiger partial charge in [0.1, 0.15) is 12.1 Å². The summed E-state index contributed by atoms with van der Waals surface area (Å²) in [4.78, 5) is 0. The Hall–Kier alpha value is -1.08. The zero-order valence-electron chi connectivity index (χ0n) is 32.8. The Labute approximate surface area is 300 Å². The highest BCUT2D eigenvalue weighted by atomic mass is 28.5. The molecule has 0 aliphatic carbocycles. The summed E-state index contributed by atoms with van der Waals surface area (Å²) < 4.78 is 41.1. The summed E-state index contributed by atoms with van der Waals surface area (Å²) in [7, 11) is -19.1. The van der Waals surface area contributed by atoms with Crippen LogP contribution in [0, 0.1) is 22.7 Å². The first-order valence-electron chi connectivity index (χ1n) is 16.6. The van der Waals surface area contributed by atoms with Crippen LogP contribution in [0.25, 0.3) is 11.1 Å². The summed E-state index contributed by atoms with van der Waals surface area (Å²) in [6, 6.07) is 16.2. The van der Waals surface area contributed by atoms with Gasteiger partial charge in [-0.2, -0.15) is 10.5 Å². The Morgan fingerprint density at radius 3 is 1.15 bits per heavy atom. The van der Waals surface area contributed by atoms with Crippen molar-refractivity contribution in [1.82, 2.24) is 0 Å². The van der Waals surface area contributed by atoms with Crippen molar-refractivity contribution in [1.29, 1.82) is 10.5 Å². The molecule has 0 saturated heterocycles. The molecule has 0 aliphatic rings. The number of hydrogen-bond donors (Lipinski definition) is 0. The van der Waals surface area contributed by atoms with Crippen molar-refractivity contribution >= 4 is 77.9 Å². The fourth-order valence-corrected chi connectivity index (χ4v) is 45.1. The van der Waals surface area contributed by atoms with Crippen LogP contribution in [0.5, 0.6) is 0 Å². The maximum Gasteiger partial charge on any atom is 0.312 e. The maximum atomic E-state index is 9.75. The average molecular weight is 794 g/mol. The summed E-state index contributed by atoms with van der Waals surface area (Å²) in [6.45, 7) is 39.1. The Balaban J connectivity index is 2.69. The molecule has 0 atom stereocenters. The normalized spacial score (nSPS) is 14.1. The molecule has 16 heteroatoms. The molecule has 0 saturated carbocycles. The molecule has 266 valence electrons. The summed E-state index contributed by atoms with van der Waals surface area (Å²) in [5.74, 6) is 0. The van der Waals surface area contributed by atoms with Crippen molar-refractivity contribution in [3.8, 4) is 23.3 Å². The molecule has 0 bridgehead atoms. The van der Waals surface area contributed by atoms with Crippen molar-refractivity contribution in [2.45, 2.75) is 118 Å². The Morgan fingerprint density at radius 1 is 0.396 bits per heavy atom. The molecule has 0 radical (unpaired) electrons. The lowest BCUT2D eigenvalue weighted by molar-refractivity contribution is 0.329. The fraction of sp³-hybridized carbons (Fsp3) is 0.562. The number of hydrogen-bond acceptors (Lipinski definition) is 8. The van der Waals surface area contributed by atoms with Crippen LogP contribution in [-0.2, 0) is 24.7 Å². The average Bonchev–Trinajstić information content (AvgIpc) is 2.81. The quantitative estimate of drug-likeness (QED) is 0.166. The highest BCUT2D eigenvalue weighted by Crippen LogP contribution is 2.28. The van der Waals surface area contributed by atoms with E-state index in [1.165, 1.54) is 5.19 Å². The first-order valence-corrected chi connectivity index (χ1v) is 40.5. The molecule has 0 amide bonds. The predicted octanol–water partition coefficient (Wildman–Crippen LogP) is 8.50. The van der Waals surface area contributed by atoms with Crippen molar-refractivity contribution in [3.05, 3.63) is 47.5 Å². The standard InChI is InChI=1S/C32H60N2O6Si8/c1-41(2,3)35-45(11,12)39-47(15,16)37-43(7,8)31-22-21-28(27-19-20-29(25-33)30(23-27)26-34)24-32(31)44(9,10)38-48(17,18)40-46(13,14)36-42(4,5)6/h19-24H,1-18H3. The van der Waals surface area contributed by atoms with E-state index in [1.807, 2.05) is 6.07 Å². The van der Waals surface area contributed by atoms with Crippen LogP contribution in [0.15, 0.2) is 36.4 Å². The van der Waals surface area contributed by atoms with Gasteiger partial charge in [0, 0.05) is 0 Å².